The number of rotatable bonds is 4. The molecule has 1 N–H and O–H groups in total. The lowest BCUT2D eigenvalue weighted by atomic mass is 10.0. The molecule has 1 saturated heterocycles. The van der Waals surface area contributed by atoms with Crippen molar-refractivity contribution in [3.63, 3.8) is 0 Å². The predicted octanol–water partition coefficient (Wildman–Crippen LogP) is 2.01. The zero-order chi connectivity index (χ0) is 15.9. The molecule has 116 valence electrons. The molecule has 1 fully saturated rings. The van der Waals surface area contributed by atoms with Crippen LogP contribution in [0.5, 0.6) is 0 Å². The number of piperidine rings is 1. The molecule has 0 aliphatic carbocycles. The van der Waals surface area contributed by atoms with Gasteiger partial charge in [0.15, 0.2) is 0 Å². The van der Waals surface area contributed by atoms with Gasteiger partial charge in [-0.25, -0.2) is 0 Å². The smallest absolute Gasteiger partial charge is 0.234 e. The molecule has 6 heteroatoms. The van der Waals surface area contributed by atoms with Crippen LogP contribution in [-0.4, -0.2) is 35.8 Å². The number of likely N-dealkylation sites (tertiary alicyclic amines) is 1. The summed E-state index contributed by atoms with van der Waals surface area (Å²) in [6.07, 6.45) is 1.77. The predicted molar refractivity (Wildman–Crippen MR) is 85.8 cm³/mol. The molecule has 1 aliphatic rings. The molecule has 1 aromatic carbocycles. The van der Waals surface area contributed by atoms with E-state index >= 15 is 0 Å². The number of benzene rings is 1. The van der Waals surface area contributed by atoms with Crippen LogP contribution in [0.2, 0.25) is 0 Å². The van der Waals surface area contributed by atoms with E-state index < -0.39 is 0 Å². The summed E-state index contributed by atoms with van der Waals surface area (Å²) < 4.78 is 0.998. The van der Waals surface area contributed by atoms with Crippen LogP contribution in [0.25, 0.3) is 0 Å². The minimum Gasteiger partial charge on any atom is -0.352 e. The highest BCUT2D eigenvalue weighted by molar-refractivity contribution is 9.10. The maximum Gasteiger partial charge on any atom is 0.234 e. The Morgan fingerprint density at radius 1 is 1.27 bits per heavy atom. The largest absolute Gasteiger partial charge is 0.352 e. The molecule has 2 rings (SSSR count). The normalized spacial score (nSPS) is 15.2. The van der Waals surface area contributed by atoms with E-state index in [9.17, 15) is 9.59 Å². The zero-order valence-corrected chi connectivity index (χ0v) is 13.8. The Balaban J connectivity index is 1.78. The molecule has 5 nitrogen and oxygen atoms in total. The van der Waals surface area contributed by atoms with Crippen molar-refractivity contribution in [2.24, 2.45) is 0 Å². The van der Waals surface area contributed by atoms with Crippen molar-refractivity contribution in [3.8, 4) is 6.07 Å². The third-order valence-corrected chi connectivity index (χ3v) is 4.25. The Hall–Kier alpha value is -1.87. The van der Waals surface area contributed by atoms with Crippen molar-refractivity contribution in [2.45, 2.75) is 31.7 Å². The summed E-state index contributed by atoms with van der Waals surface area (Å²) in [4.78, 5) is 25.5. The van der Waals surface area contributed by atoms with E-state index in [-0.39, 0.29) is 24.3 Å². The Labute approximate surface area is 138 Å². The van der Waals surface area contributed by atoms with Crippen LogP contribution in [0.3, 0.4) is 0 Å². The summed E-state index contributed by atoms with van der Waals surface area (Å²) in [7, 11) is 0. The van der Waals surface area contributed by atoms with Crippen LogP contribution < -0.4 is 5.32 Å². The third kappa shape index (κ3) is 4.85. The van der Waals surface area contributed by atoms with Gasteiger partial charge in [0.1, 0.15) is 6.42 Å². The van der Waals surface area contributed by atoms with Gasteiger partial charge in [0.2, 0.25) is 11.8 Å². The van der Waals surface area contributed by atoms with Gasteiger partial charge in [-0.1, -0.05) is 28.1 Å². The van der Waals surface area contributed by atoms with Crippen molar-refractivity contribution in [1.29, 1.82) is 5.26 Å². The summed E-state index contributed by atoms with van der Waals surface area (Å²) in [5.74, 6) is -0.119. The fourth-order valence-electron chi connectivity index (χ4n) is 2.51. The van der Waals surface area contributed by atoms with Crippen LogP contribution in [0.1, 0.15) is 24.8 Å². The van der Waals surface area contributed by atoms with E-state index in [0.717, 1.165) is 22.9 Å². The molecule has 0 aromatic heterocycles. The number of amides is 2. The van der Waals surface area contributed by atoms with Gasteiger partial charge in [0.25, 0.3) is 0 Å². The Kier molecular flexibility index (Phi) is 5.96. The maximum absolute atomic E-state index is 12.3. The number of halogens is 1. The summed E-state index contributed by atoms with van der Waals surface area (Å²) in [5.41, 5.74) is 0.998. The first-order valence-corrected chi connectivity index (χ1v) is 8.06. The number of carbonyl (C=O) groups excluding carboxylic acids is 2. The van der Waals surface area contributed by atoms with Gasteiger partial charge in [-0.2, -0.15) is 5.26 Å². The van der Waals surface area contributed by atoms with Crippen LogP contribution in [0, 0.1) is 11.3 Å². The van der Waals surface area contributed by atoms with Crippen LogP contribution in [-0.2, 0) is 16.0 Å². The SMILES string of the molecule is N#CCC(=O)NC1CCN(C(=O)Cc2ccc(Br)cc2)CC1. The number of hydrogen-bond acceptors (Lipinski definition) is 3. The minimum absolute atomic E-state index is 0.0672. The van der Waals surface area contributed by atoms with Gasteiger partial charge in [0.05, 0.1) is 12.5 Å². The summed E-state index contributed by atoms with van der Waals surface area (Å²) in [5, 5.41) is 11.3. The lowest BCUT2D eigenvalue weighted by Gasteiger charge is -2.32. The summed E-state index contributed by atoms with van der Waals surface area (Å²) in [6.45, 7) is 1.29. The lowest BCUT2D eigenvalue weighted by molar-refractivity contribution is -0.131. The lowest BCUT2D eigenvalue weighted by Crippen LogP contribution is -2.46. The van der Waals surface area contributed by atoms with Crippen LogP contribution in [0.15, 0.2) is 28.7 Å². The second-order valence-electron chi connectivity index (χ2n) is 5.36. The molecule has 0 atom stereocenters. The van der Waals surface area contributed by atoms with Crippen LogP contribution >= 0.6 is 15.9 Å². The third-order valence-electron chi connectivity index (χ3n) is 3.72. The average Bonchev–Trinajstić information content (AvgIpc) is 2.50. The zero-order valence-electron chi connectivity index (χ0n) is 12.2. The van der Waals surface area contributed by atoms with Crippen molar-refractivity contribution in [3.05, 3.63) is 34.3 Å². The monoisotopic (exact) mass is 363 g/mol. The Morgan fingerprint density at radius 2 is 1.91 bits per heavy atom. The molecule has 0 saturated carbocycles. The van der Waals surface area contributed by atoms with Crippen molar-refractivity contribution < 1.29 is 9.59 Å². The van der Waals surface area contributed by atoms with E-state index in [0.29, 0.717) is 19.5 Å². The van der Waals surface area contributed by atoms with Gasteiger partial charge in [-0.15, -0.1) is 0 Å². The highest BCUT2D eigenvalue weighted by Crippen LogP contribution is 2.14. The van der Waals surface area contributed by atoms with E-state index in [1.165, 1.54) is 0 Å². The van der Waals surface area contributed by atoms with Gasteiger partial charge in [0, 0.05) is 23.6 Å². The number of carbonyl (C=O) groups is 2. The Bertz CT molecular complexity index is 572. The second kappa shape index (κ2) is 7.95. The number of nitriles is 1. The van der Waals surface area contributed by atoms with Gasteiger partial charge in [-0.3, -0.25) is 9.59 Å². The second-order valence-corrected chi connectivity index (χ2v) is 6.28. The first-order chi connectivity index (χ1) is 10.6. The Morgan fingerprint density at radius 3 is 2.50 bits per heavy atom. The highest BCUT2D eigenvalue weighted by Gasteiger charge is 2.23. The quantitative estimate of drug-likeness (QED) is 0.888. The van der Waals surface area contributed by atoms with Crippen LogP contribution in [0.4, 0.5) is 0 Å². The summed E-state index contributed by atoms with van der Waals surface area (Å²) >= 11 is 3.38. The maximum atomic E-state index is 12.3. The first kappa shape index (κ1) is 16.5. The molecule has 1 aliphatic heterocycles. The van der Waals surface area contributed by atoms with Crippen molar-refractivity contribution in [2.75, 3.05) is 13.1 Å². The van der Waals surface area contributed by atoms with Gasteiger partial charge >= 0.3 is 0 Å². The van der Waals surface area contributed by atoms with E-state index in [2.05, 4.69) is 21.2 Å². The molecule has 0 unspecified atom stereocenters. The van der Waals surface area contributed by atoms with E-state index in [4.69, 9.17) is 5.26 Å². The molecule has 1 heterocycles. The molecule has 0 bridgehead atoms. The molecule has 1 aromatic rings. The van der Waals surface area contributed by atoms with E-state index in [1.807, 2.05) is 35.2 Å². The molecular formula is C16H18BrN3O2. The number of nitrogens with one attached hydrogen (secondary N) is 1. The molecule has 0 spiro atoms. The fourth-order valence-corrected chi connectivity index (χ4v) is 2.78. The first-order valence-electron chi connectivity index (χ1n) is 7.27. The minimum atomic E-state index is -0.234. The fraction of sp³-hybridized carbons (Fsp3) is 0.438. The molecule has 0 radical (unpaired) electrons. The number of nitrogens with zero attached hydrogens (tertiary/aromatic N) is 2. The molecule has 22 heavy (non-hydrogen) atoms. The van der Waals surface area contributed by atoms with Crippen molar-refractivity contribution in [1.82, 2.24) is 10.2 Å². The van der Waals surface area contributed by atoms with Gasteiger partial charge < -0.3 is 10.2 Å². The average molecular weight is 364 g/mol. The molecular weight excluding hydrogens is 346 g/mol. The molecule has 2 amide bonds. The standard InChI is InChI=1S/C16H18BrN3O2/c17-13-3-1-12(2-4-13)11-16(22)20-9-6-14(7-10-20)19-15(21)5-8-18/h1-4,14H,5-7,9-11H2,(H,19,21). The highest BCUT2D eigenvalue weighted by atomic mass is 79.9. The van der Waals surface area contributed by atoms with E-state index in [1.54, 1.807) is 0 Å². The van der Waals surface area contributed by atoms with Crippen molar-refractivity contribution >= 4 is 27.7 Å². The summed E-state index contributed by atoms with van der Waals surface area (Å²) in [6, 6.07) is 9.65. The number of hydrogen-bond donors (Lipinski definition) is 1. The topological polar surface area (TPSA) is 73.2 Å². The van der Waals surface area contributed by atoms with Gasteiger partial charge in [-0.05, 0) is 30.5 Å².